The Morgan fingerprint density at radius 1 is 1.04 bits per heavy atom. The summed E-state index contributed by atoms with van der Waals surface area (Å²) in [5, 5.41) is 21.9. The molecule has 0 aromatic rings. The molecule has 0 aromatic heterocycles. The van der Waals surface area contributed by atoms with Crippen molar-refractivity contribution in [3.63, 3.8) is 0 Å². The number of aliphatic hydroxyl groups is 2. The number of hydrogen-bond donors (Lipinski definition) is 2. The minimum absolute atomic E-state index is 0.383. The van der Waals surface area contributed by atoms with Gasteiger partial charge in [0.05, 0.1) is 12.7 Å². The SMILES string of the molecule is COC(=O)/C=C(C)/C=C/C=C(C)/C=C/[C@@]1(O)C(C)(C)CCC[C@@]1(C)O. The molecule has 1 rings (SSSR count). The monoisotopic (exact) mass is 348 g/mol. The van der Waals surface area contributed by atoms with E-state index in [-0.39, 0.29) is 5.97 Å². The number of rotatable bonds is 5. The Kier molecular flexibility index (Phi) is 6.98. The first kappa shape index (κ1) is 21.4. The molecule has 4 nitrogen and oxygen atoms in total. The number of methoxy groups -OCH3 is 1. The highest BCUT2D eigenvalue weighted by Gasteiger charge is 2.56. The predicted octanol–water partition coefficient (Wildman–Crippen LogP) is 3.86. The van der Waals surface area contributed by atoms with Gasteiger partial charge in [0, 0.05) is 6.08 Å². The van der Waals surface area contributed by atoms with Crippen LogP contribution < -0.4 is 0 Å². The maximum absolute atomic E-state index is 11.2. The van der Waals surface area contributed by atoms with E-state index in [1.165, 1.54) is 13.2 Å². The third-order valence-electron chi connectivity index (χ3n) is 5.17. The van der Waals surface area contributed by atoms with E-state index in [2.05, 4.69) is 4.74 Å². The Labute approximate surface area is 151 Å². The molecule has 0 aromatic carbocycles. The molecule has 2 atom stereocenters. The van der Waals surface area contributed by atoms with Gasteiger partial charge in [0.1, 0.15) is 5.60 Å². The summed E-state index contributed by atoms with van der Waals surface area (Å²) >= 11 is 0. The van der Waals surface area contributed by atoms with Gasteiger partial charge in [-0.25, -0.2) is 4.79 Å². The minimum Gasteiger partial charge on any atom is -0.466 e. The molecule has 140 valence electrons. The van der Waals surface area contributed by atoms with Gasteiger partial charge in [-0.3, -0.25) is 0 Å². The molecular weight excluding hydrogens is 316 g/mol. The van der Waals surface area contributed by atoms with E-state index in [1.807, 2.05) is 52.0 Å². The van der Waals surface area contributed by atoms with Gasteiger partial charge in [-0.05, 0) is 57.1 Å². The highest BCUT2D eigenvalue weighted by molar-refractivity contribution is 5.83. The first-order valence-corrected chi connectivity index (χ1v) is 8.70. The van der Waals surface area contributed by atoms with Crippen LogP contribution in [0.4, 0.5) is 0 Å². The second kappa shape index (κ2) is 8.15. The van der Waals surface area contributed by atoms with Crippen LogP contribution in [-0.4, -0.2) is 34.5 Å². The van der Waals surface area contributed by atoms with Gasteiger partial charge in [0.2, 0.25) is 0 Å². The zero-order valence-corrected chi connectivity index (χ0v) is 16.3. The average Bonchev–Trinajstić information content (AvgIpc) is 2.50. The molecule has 1 saturated carbocycles. The number of ether oxygens (including phenoxy) is 1. The van der Waals surface area contributed by atoms with Crippen LogP contribution in [0.5, 0.6) is 0 Å². The average molecular weight is 348 g/mol. The second-order valence-electron chi connectivity index (χ2n) is 7.79. The van der Waals surface area contributed by atoms with E-state index < -0.39 is 16.6 Å². The Morgan fingerprint density at radius 2 is 1.68 bits per heavy atom. The largest absolute Gasteiger partial charge is 0.466 e. The normalized spacial score (nSPS) is 30.9. The van der Waals surface area contributed by atoms with Crippen molar-refractivity contribution in [3.8, 4) is 0 Å². The summed E-state index contributed by atoms with van der Waals surface area (Å²) in [4.78, 5) is 11.1. The van der Waals surface area contributed by atoms with E-state index >= 15 is 0 Å². The Bertz CT molecular complexity index is 587. The molecule has 2 N–H and O–H groups in total. The molecule has 4 heteroatoms. The van der Waals surface area contributed by atoms with E-state index in [4.69, 9.17) is 0 Å². The Morgan fingerprint density at radius 3 is 2.24 bits per heavy atom. The molecule has 0 amide bonds. The fourth-order valence-corrected chi connectivity index (χ4v) is 3.34. The summed E-state index contributed by atoms with van der Waals surface area (Å²) < 4.78 is 4.58. The quantitative estimate of drug-likeness (QED) is 0.450. The molecule has 0 heterocycles. The standard InChI is InChI=1S/C21H32O4/c1-16(9-7-10-17(2)15-18(22)25-6)11-14-21(24)19(3,4)12-8-13-20(21,5)23/h7,9-11,14-15,23-24H,8,12-13H2,1-6H3/b10-7+,14-11+,16-9+,17-15+/t20-,21-/m1/s1. The van der Waals surface area contributed by atoms with Gasteiger partial charge in [-0.15, -0.1) is 0 Å². The molecular formula is C21H32O4. The zero-order valence-electron chi connectivity index (χ0n) is 16.3. The molecule has 0 aliphatic heterocycles. The van der Waals surface area contributed by atoms with E-state index in [0.29, 0.717) is 6.42 Å². The van der Waals surface area contributed by atoms with Crippen molar-refractivity contribution in [2.24, 2.45) is 5.41 Å². The topological polar surface area (TPSA) is 66.8 Å². The molecule has 1 aliphatic carbocycles. The molecule has 0 saturated heterocycles. The lowest BCUT2D eigenvalue weighted by atomic mass is 9.58. The van der Waals surface area contributed by atoms with Gasteiger partial charge < -0.3 is 14.9 Å². The smallest absolute Gasteiger partial charge is 0.330 e. The molecule has 0 bridgehead atoms. The van der Waals surface area contributed by atoms with Crippen molar-refractivity contribution in [1.29, 1.82) is 0 Å². The third kappa shape index (κ3) is 5.16. The molecule has 1 fully saturated rings. The highest BCUT2D eigenvalue weighted by Crippen LogP contribution is 2.50. The molecule has 0 unspecified atom stereocenters. The van der Waals surface area contributed by atoms with Crippen LogP contribution >= 0.6 is 0 Å². The lowest BCUT2D eigenvalue weighted by Crippen LogP contribution is -2.62. The number of hydrogen-bond acceptors (Lipinski definition) is 4. The minimum atomic E-state index is -1.28. The van der Waals surface area contributed by atoms with Crippen LogP contribution in [0, 0.1) is 5.41 Å². The number of esters is 1. The lowest BCUT2D eigenvalue weighted by molar-refractivity contribution is -0.194. The van der Waals surface area contributed by atoms with E-state index in [1.54, 1.807) is 13.0 Å². The van der Waals surface area contributed by atoms with Gasteiger partial charge in [0.15, 0.2) is 0 Å². The van der Waals surface area contributed by atoms with Crippen molar-refractivity contribution >= 4 is 5.97 Å². The van der Waals surface area contributed by atoms with Crippen LogP contribution in [-0.2, 0) is 9.53 Å². The fourth-order valence-electron chi connectivity index (χ4n) is 3.34. The van der Waals surface area contributed by atoms with Crippen LogP contribution in [0.3, 0.4) is 0 Å². The summed E-state index contributed by atoms with van der Waals surface area (Å²) in [6.07, 6.45) is 12.9. The van der Waals surface area contributed by atoms with Gasteiger partial charge in [0.25, 0.3) is 0 Å². The van der Waals surface area contributed by atoms with Crippen LogP contribution in [0.1, 0.15) is 53.9 Å². The predicted molar refractivity (Wildman–Crippen MR) is 101 cm³/mol. The third-order valence-corrected chi connectivity index (χ3v) is 5.17. The van der Waals surface area contributed by atoms with E-state index in [0.717, 1.165) is 24.0 Å². The summed E-state index contributed by atoms with van der Waals surface area (Å²) in [6.45, 7) is 9.43. The second-order valence-corrected chi connectivity index (χ2v) is 7.79. The van der Waals surface area contributed by atoms with Crippen LogP contribution in [0.25, 0.3) is 0 Å². The number of allylic oxidation sites excluding steroid dienone is 6. The maximum atomic E-state index is 11.2. The van der Waals surface area contributed by atoms with Gasteiger partial charge in [-0.1, -0.05) is 43.7 Å². The fraction of sp³-hybridized carbons (Fsp3) is 0.571. The maximum Gasteiger partial charge on any atom is 0.330 e. The number of carbonyl (C=O) groups is 1. The van der Waals surface area contributed by atoms with Crippen molar-refractivity contribution < 1.29 is 19.7 Å². The Hall–Kier alpha value is -1.65. The summed E-state index contributed by atoms with van der Waals surface area (Å²) in [5.41, 5.74) is -1.11. The summed E-state index contributed by atoms with van der Waals surface area (Å²) in [5.74, 6) is -0.383. The first-order valence-electron chi connectivity index (χ1n) is 8.70. The van der Waals surface area contributed by atoms with Crippen molar-refractivity contribution in [2.75, 3.05) is 7.11 Å². The summed E-state index contributed by atoms with van der Waals surface area (Å²) in [6, 6.07) is 0. The van der Waals surface area contributed by atoms with Crippen LogP contribution in [0.15, 0.2) is 47.6 Å². The molecule has 1 aliphatic rings. The molecule has 25 heavy (non-hydrogen) atoms. The van der Waals surface area contributed by atoms with Crippen molar-refractivity contribution in [1.82, 2.24) is 0 Å². The lowest BCUT2D eigenvalue weighted by Gasteiger charge is -2.53. The summed E-state index contributed by atoms with van der Waals surface area (Å²) in [7, 11) is 1.34. The molecule has 0 spiro atoms. The zero-order chi connectivity index (χ0) is 19.3. The van der Waals surface area contributed by atoms with Crippen molar-refractivity contribution in [3.05, 3.63) is 47.6 Å². The molecule has 0 radical (unpaired) electrons. The number of carbonyl (C=O) groups excluding carboxylic acids is 1. The van der Waals surface area contributed by atoms with Crippen molar-refractivity contribution in [2.45, 2.75) is 65.1 Å². The first-order chi connectivity index (χ1) is 11.4. The van der Waals surface area contributed by atoms with E-state index in [9.17, 15) is 15.0 Å². The van der Waals surface area contributed by atoms with Crippen LogP contribution in [0.2, 0.25) is 0 Å². The highest BCUT2D eigenvalue weighted by atomic mass is 16.5. The van der Waals surface area contributed by atoms with Gasteiger partial charge >= 0.3 is 5.97 Å². The van der Waals surface area contributed by atoms with Gasteiger partial charge in [-0.2, -0.15) is 0 Å². The Balaban J connectivity index is 2.92.